The monoisotopic (exact) mass is 461 g/mol. The van der Waals surface area contributed by atoms with Crippen LogP contribution in [-0.4, -0.2) is 54.6 Å². The molecule has 3 rings (SSSR count). The topological polar surface area (TPSA) is 87.5 Å². The molecule has 0 atom stereocenters. The van der Waals surface area contributed by atoms with E-state index in [1.54, 1.807) is 22.5 Å². The van der Waals surface area contributed by atoms with E-state index in [0.29, 0.717) is 25.3 Å². The second-order valence-corrected chi connectivity index (χ2v) is 10.2. The molecular formula is C23H35N5O3S. The van der Waals surface area contributed by atoms with Crippen LogP contribution < -0.4 is 10.2 Å². The van der Waals surface area contributed by atoms with Crippen LogP contribution in [0.5, 0.6) is 0 Å². The average Bonchev–Trinajstić information content (AvgIpc) is 3.11. The number of anilines is 2. The highest BCUT2D eigenvalue weighted by Gasteiger charge is 2.27. The van der Waals surface area contributed by atoms with E-state index in [1.165, 1.54) is 0 Å². The van der Waals surface area contributed by atoms with Gasteiger partial charge < -0.3 is 10.2 Å². The maximum Gasteiger partial charge on any atom is 0.243 e. The summed E-state index contributed by atoms with van der Waals surface area (Å²) >= 11 is 0. The molecule has 1 aromatic carbocycles. The van der Waals surface area contributed by atoms with E-state index in [-0.39, 0.29) is 17.2 Å². The van der Waals surface area contributed by atoms with Crippen molar-refractivity contribution in [3.8, 4) is 0 Å². The number of nitrogens with zero attached hydrogens (tertiary/aromatic N) is 4. The number of benzene rings is 1. The van der Waals surface area contributed by atoms with E-state index in [9.17, 15) is 13.2 Å². The minimum atomic E-state index is -3.58. The second-order valence-electron chi connectivity index (χ2n) is 8.26. The Balaban J connectivity index is 1.84. The van der Waals surface area contributed by atoms with Gasteiger partial charge in [0.25, 0.3) is 0 Å². The fourth-order valence-corrected chi connectivity index (χ4v) is 5.74. The zero-order valence-corrected chi connectivity index (χ0v) is 20.4. The van der Waals surface area contributed by atoms with Crippen LogP contribution in [0.25, 0.3) is 0 Å². The average molecular weight is 462 g/mol. The molecular weight excluding hydrogens is 426 g/mol. The fourth-order valence-electron chi connectivity index (χ4n) is 4.19. The third kappa shape index (κ3) is 5.50. The van der Waals surface area contributed by atoms with E-state index < -0.39 is 10.0 Å². The number of carbonyl (C=O) groups is 1. The molecule has 0 aliphatic carbocycles. The zero-order chi connectivity index (χ0) is 23.3. The lowest BCUT2D eigenvalue weighted by Gasteiger charge is -2.28. The van der Waals surface area contributed by atoms with Crippen LogP contribution in [0.1, 0.15) is 50.9 Å². The molecule has 2 heterocycles. The third-order valence-corrected chi connectivity index (χ3v) is 7.85. The fraction of sp³-hybridized carbons (Fsp3) is 0.565. The number of hydrogen-bond donors (Lipinski definition) is 1. The zero-order valence-electron chi connectivity index (χ0n) is 19.6. The van der Waals surface area contributed by atoms with Crippen LogP contribution in [0.2, 0.25) is 0 Å². The van der Waals surface area contributed by atoms with Crippen LogP contribution in [0, 0.1) is 13.8 Å². The molecule has 9 heteroatoms. The molecule has 0 spiro atoms. The highest BCUT2D eigenvalue weighted by Crippen LogP contribution is 2.31. The van der Waals surface area contributed by atoms with E-state index in [0.717, 1.165) is 49.4 Å². The Kier molecular flexibility index (Phi) is 7.95. The van der Waals surface area contributed by atoms with Gasteiger partial charge in [0, 0.05) is 44.8 Å². The molecule has 176 valence electrons. The number of carbonyl (C=O) groups excluding carboxylic acids is 1. The number of amides is 1. The van der Waals surface area contributed by atoms with Crippen molar-refractivity contribution in [3.63, 3.8) is 0 Å². The SMILES string of the molecule is CCN(CC)c1ccc(S(=O)(=O)N2CCCCC2)cc1NC(=O)CCn1nc(C)cc1C. The Morgan fingerprint density at radius 1 is 1.09 bits per heavy atom. The molecule has 0 saturated carbocycles. The lowest BCUT2D eigenvalue weighted by atomic mass is 10.2. The van der Waals surface area contributed by atoms with Gasteiger partial charge in [-0.3, -0.25) is 9.48 Å². The van der Waals surface area contributed by atoms with E-state index in [2.05, 4.69) is 15.3 Å². The van der Waals surface area contributed by atoms with Crippen molar-refractivity contribution < 1.29 is 13.2 Å². The summed E-state index contributed by atoms with van der Waals surface area (Å²) in [6.07, 6.45) is 3.07. The number of aromatic nitrogens is 2. The first-order valence-corrected chi connectivity index (χ1v) is 12.9. The molecule has 32 heavy (non-hydrogen) atoms. The molecule has 0 bridgehead atoms. The number of rotatable bonds is 9. The van der Waals surface area contributed by atoms with Gasteiger partial charge in [-0.05, 0) is 64.8 Å². The number of sulfonamides is 1. The molecule has 1 aliphatic heterocycles. The molecule has 2 aromatic rings. The summed E-state index contributed by atoms with van der Waals surface area (Å²) in [5.74, 6) is -0.168. The molecule has 1 fully saturated rings. The van der Waals surface area contributed by atoms with Gasteiger partial charge in [0.15, 0.2) is 0 Å². The van der Waals surface area contributed by atoms with Gasteiger partial charge in [0.2, 0.25) is 15.9 Å². The summed E-state index contributed by atoms with van der Waals surface area (Å²) < 4.78 is 29.7. The Hall–Kier alpha value is -2.39. The number of hydrogen-bond acceptors (Lipinski definition) is 5. The van der Waals surface area contributed by atoms with Crippen molar-refractivity contribution in [2.75, 3.05) is 36.4 Å². The van der Waals surface area contributed by atoms with Crippen molar-refractivity contribution in [2.24, 2.45) is 0 Å². The standard InChI is InChI=1S/C23H35N5O3S/c1-5-26(6-2)22-11-10-20(32(30,31)27-13-8-7-9-14-27)17-21(22)24-23(29)12-15-28-19(4)16-18(3)25-28/h10-11,16-17H,5-9,12-15H2,1-4H3,(H,24,29). The smallest absolute Gasteiger partial charge is 0.243 e. The lowest BCUT2D eigenvalue weighted by molar-refractivity contribution is -0.116. The molecule has 1 N–H and O–H groups in total. The van der Waals surface area contributed by atoms with Crippen LogP contribution in [0.3, 0.4) is 0 Å². The van der Waals surface area contributed by atoms with E-state index >= 15 is 0 Å². The summed E-state index contributed by atoms with van der Waals surface area (Å²) in [6.45, 7) is 11.0. The van der Waals surface area contributed by atoms with Gasteiger partial charge >= 0.3 is 0 Å². The number of nitrogens with one attached hydrogen (secondary N) is 1. The summed E-state index contributed by atoms with van der Waals surface area (Å²) in [5.41, 5.74) is 3.29. The van der Waals surface area contributed by atoms with Crippen LogP contribution in [0.15, 0.2) is 29.2 Å². The van der Waals surface area contributed by atoms with Gasteiger partial charge in [0.1, 0.15) is 0 Å². The van der Waals surface area contributed by atoms with Gasteiger partial charge in [-0.1, -0.05) is 6.42 Å². The molecule has 1 saturated heterocycles. The summed E-state index contributed by atoms with van der Waals surface area (Å²) in [4.78, 5) is 15.1. The molecule has 0 radical (unpaired) electrons. The Morgan fingerprint density at radius 3 is 2.38 bits per heavy atom. The summed E-state index contributed by atoms with van der Waals surface area (Å²) in [5, 5.41) is 7.37. The predicted octanol–water partition coefficient (Wildman–Crippen LogP) is 3.55. The van der Waals surface area contributed by atoms with Crippen molar-refractivity contribution >= 4 is 27.3 Å². The molecule has 1 aromatic heterocycles. The third-order valence-electron chi connectivity index (χ3n) is 5.95. The van der Waals surface area contributed by atoms with Crippen LogP contribution in [0.4, 0.5) is 11.4 Å². The lowest BCUT2D eigenvalue weighted by Crippen LogP contribution is -2.35. The van der Waals surface area contributed by atoms with E-state index in [1.807, 2.05) is 38.4 Å². The van der Waals surface area contributed by atoms with Crippen molar-refractivity contribution in [3.05, 3.63) is 35.7 Å². The summed E-state index contributed by atoms with van der Waals surface area (Å²) in [6, 6.07) is 7.05. The highest BCUT2D eigenvalue weighted by atomic mass is 32.2. The van der Waals surface area contributed by atoms with Gasteiger partial charge in [-0.15, -0.1) is 0 Å². The van der Waals surface area contributed by atoms with Crippen LogP contribution >= 0.6 is 0 Å². The molecule has 8 nitrogen and oxygen atoms in total. The van der Waals surface area contributed by atoms with Gasteiger partial charge in [0.05, 0.1) is 22.0 Å². The molecule has 0 unspecified atom stereocenters. The normalized spacial score (nSPS) is 15.0. The predicted molar refractivity (Wildman–Crippen MR) is 128 cm³/mol. The summed E-state index contributed by atoms with van der Waals surface area (Å²) in [7, 11) is -3.58. The number of piperidine rings is 1. The maximum atomic E-state index is 13.2. The Bertz CT molecular complexity index is 1040. The minimum Gasteiger partial charge on any atom is -0.370 e. The maximum absolute atomic E-state index is 13.2. The first-order chi connectivity index (χ1) is 15.3. The highest BCUT2D eigenvalue weighted by molar-refractivity contribution is 7.89. The first-order valence-electron chi connectivity index (χ1n) is 11.5. The van der Waals surface area contributed by atoms with E-state index in [4.69, 9.17) is 0 Å². The van der Waals surface area contributed by atoms with Gasteiger partial charge in [-0.25, -0.2) is 8.42 Å². The first kappa shape index (κ1) is 24.3. The molecule has 1 amide bonds. The van der Waals surface area contributed by atoms with Crippen molar-refractivity contribution in [2.45, 2.75) is 64.8 Å². The number of aryl methyl sites for hydroxylation is 3. The van der Waals surface area contributed by atoms with Gasteiger partial charge in [-0.2, -0.15) is 9.40 Å². The Morgan fingerprint density at radius 2 is 1.78 bits per heavy atom. The second kappa shape index (κ2) is 10.5. The largest absolute Gasteiger partial charge is 0.370 e. The Labute approximate surface area is 191 Å². The van der Waals surface area contributed by atoms with Crippen molar-refractivity contribution in [1.29, 1.82) is 0 Å². The quantitative estimate of drug-likeness (QED) is 0.617. The minimum absolute atomic E-state index is 0.168. The van der Waals surface area contributed by atoms with Crippen molar-refractivity contribution in [1.82, 2.24) is 14.1 Å². The van der Waals surface area contributed by atoms with Crippen LogP contribution in [-0.2, 0) is 21.4 Å². The molecule has 1 aliphatic rings.